The lowest BCUT2D eigenvalue weighted by atomic mass is 9.81. The second-order valence-corrected chi connectivity index (χ2v) is 19.7. The number of para-hydroxylation sites is 3. The lowest BCUT2D eigenvalue weighted by Gasteiger charge is -2.30. The number of benzene rings is 10. The van der Waals surface area contributed by atoms with Crippen molar-refractivity contribution in [1.82, 2.24) is 4.57 Å². The SMILES string of the molecule is CC1(C)c2ccccc2-c2ccc(-c3ccc(N(c4ccc5c(c4)C(C)(C)c4cc(-n6c7ccccc7c7ccccc76)ccc4-5)c4ccccc4-c4ccc(-c5ccccc5)cc4)cc3)cc21. The molecule has 324 valence electrons. The van der Waals surface area contributed by atoms with E-state index in [9.17, 15) is 0 Å². The molecule has 0 aliphatic heterocycles. The summed E-state index contributed by atoms with van der Waals surface area (Å²) in [5, 5.41) is 2.55. The van der Waals surface area contributed by atoms with Crippen molar-refractivity contribution < 1.29 is 0 Å². The highest BCUT2D eigenvalue weighted by Gasteiger charge is 2.38. The van der Waals surface area contributed by atoms with Crippen molar-refractivity contribution in [3.8, 4) is 61.3 Å². The Morgan fingerprint density at radius 2 is 0.765 bits per heavy atom. The van der Waals surface area contributed by atoms with Crippen LogP contribution in [0.15, 0.2) is 231 Å². The quantitative estimate of drug-likeness (QED) is 0.155. The van der Waals surface area contributed by atoms with Crippen LogP contribution in [-0.2, 0) is 10.8 Å². The molecule has 0 fully saturated rings. The molecule has 13 rings (SSSR count). The number of rotatable bonds is 7. The van der Waals surface area contributed by atoms with Crippen LogP contribution in [0.1, 0.15) is 49.9 Å². The van der Waals surface area contributed by atoms with Crippen molar-refractivity contribution in [3.63, 3.8) is 0 Å². The number of nitrogens with zero attached hydrogens (tertiary/aromatic N) is 2. The van der Waals surface area contributed by atoms with Gasteiger partial charge >= 0.3 is 0 Å². The summed E-state index contributed by atoms with van der Waals surface area (Å²) in [6.07, 6.45) is 0. The highest BCUT2D eigenvalue weighted by Crippen LogP contribution is 2.53. The molecule has 0 saturated heterocycles. The zero-order chi connectivity index (χ0) is 45.7. The van der Waals surface area contributed by atoms with Gasteiger partial charge in [0, 0.05) is 44.2 Å². The molecular formula is C66H50N2. The van der Waals surface area contributed by atoms with E-state index in [0.717, 1.165) is 17.1 Å². The summed E-state index contributed by atoms with van der Waals surface area (Å²) in [5.74, 6) is 0. The van der Waals surface area contributed by atoms with Gasteiger partial charge < -0.3 is 9.47 Å². The first-order valence-electron chi connectivity index (χ1n) is 23.9. The minimum absolute atomic E-state index is 0.0602. The summed E-state index contributed by atoms with van der Waals surface area (Å²) in [4.78, 5) is 2.47. The molecule has 68 heavy (non-hydrogen) atoms. The third-order valence-electron chi connectivity index (χ3n) is 15.2. The van der Waals surface area contributed by atoms with Gasteiger partial charge in [-0.3, -0.25) is 0 Å². The molecule has 0 saturated carbocycles. The molecule has 2 heteroatoms. The van der Waals surface area contributed by atoms with E-state index in [0.29, 0.717) is 0 Å². The number of hydrogen-bond donors (Lipinski definition) is 0. The maximum atomic E-state index is 2.47. The predicted octanol–water partition coefficient (Wildman–Crippen LogP) is 17.9. The van der Waals surface area contributed by atoms with Crippen molar-refractivity contribution in [2.45, 2.75) is 38.5 Å². The van der Waals surface area contributed by atoms with Crippen LogP contribution in [0.3, 0.4) is 0 Å². The van der Waals surface area contributed by atoms with Gasteiger partial charge in [0.15, 0.2) is 0 Å². The average molecular weight is 871 g/mol. The van der Waals surface area contributed by atoms with Gasteiger partial charge in [0.2, 0.25) is 0 Å². The van der Waals surface area contributed by atoms with E-state index in [2.05, 4.69) is 268 Å². The second-order valence-electron chi connectivity index (χ2n) is 19.7. The first-order valence-corrected chi connectivity index (χ1v) is 23.9. The Labute approximate surface area is 399 Å². The topological polar surface area (TPSA) is 8.17 Å². The summed E-state index contributed by atoms with van der Waals surface area (Å²) in [6, 6.07) is 85.5. The van der Waals surface area contributed by atoms with Crippen molar-refractivity contribution in [2.24, 2.45) is 0 Å². The Morgan fingerprint density at radius 3 is 1.49 bits per heavy atom. The minimum Gasteiger partial charge on any atom is -0.310 e. The lowest BCUT2D eigenvalue weighted by Crippen LogP contribution is -2.17. The van der Waals surface area contributed by atoms with Crippen LogP contribution in [0, 0.1) is 0 Å². The van der Waals surface area contributed by atoms with Gasteiger partial charge in [0.05, 0.1) is 16.7 Å². The van der Waals surface area contributed by atoms with E-state index >= 15 is 0 Å². The van der Waals surface area contributed by atoms with Gasteiger partial charge in [-0.05, 0) is 133 Å². The van der Waals surface area contributed by atoms with Crippen molar-refractivity contribution >= 4 is 38.9 Å². The largest absolute Gasteiger partial charge is 0.310 e. The van der Waals surface area contributed by atoms with E-state index in [1.165, 1.54) is 105 Å². The number of anilines is 3. The van der Waals surface area contributed by atoms with Crippen LogP contribution >= 0.6 is 0 Å². The zero-order valence-corrected chi connectivity index (χ0v) is 38.8. The Kier molecular flexibility index (Phi) is 8.95. The maximum Gasteiger partial charge on any atom is 0.0541 e. The molecule has 0 spiro atoms. The highest BCUT2D eigenvalue weighted by atomic mass is 15.1. The molecule has 2 nitrogen and oxygen atoms in total. The van der Waals surface area contributed by atoms with Gasteiger partial charge in [-0.25, -0.2) is 0 Å². The number of fused-ring (bicyclic) bond motifs is 9. The van der Waals surface area contributed by atoms with E-state index in [1.54, 1.807) is 0 Å². The maximum absolute atomic E-state index is 2.47. The lowest BCUT2D eigenvalue weighted by molar-refractivity contribution is 0.660. The molecule has 1 aromatic heterocycles. The number of aromatic nitrogens is 1. The van der Waals surface area contributed by atoms with Gasteiger partial charge in [0.1, 0.15) is 0 Å². The fourth-order valence-electron chi connectivity index (χ4n) is 11.7. The van der Waals surface area contributed by atoms with Gasteiger partial charge in [-0.1, -0.05) is 198 Å². The van der Waals surface area contributed by atoms with Crippen LogP contribution in [0.5, 0.6) is 0 Å². The van der Waals surface area contributed by atoms with E-state index in [1.807, 2.05) is 0 Å². The normalized spacial score (nSPS) is 13.8. The van der Waals surface area contributed by atoms with Crippen LogP contribution in [0.2, 0.25) is 0 Å². The molecule has 1 heterocycles. The zero-order valence-electron chi connectivity index (χ0n) is 38.8. The molecule has 0 bridgehead atoms. The van der Waals surface area contributed by atoms with Gasteiger partial charge in [-0.15, -0.1) is 0 Å². The fourth-order valence-corrected chi connectivity index (χ4v) is 11.7. The second kappa shape index (κ2) is 15.2. The smallest absolute Gasteiger partial charge is 0.0541 e. The third kappa shape index (κ3) is 6.10. The summed E-state index contributed by atoms with van der Waals surface area (Å²) in [5.41, 5.74) is 24.7. The molecule has 0 unspecified atom stereocenters. The Bertz CT molecular complexity index is 3720. The standard InChI is InChI=1S/C66H50N2/c1-65(2)58-22-12-8-19-52(58)53-37-32-47(40-59(53)65)45-30-33-48(34-31-45)67(62-23-13-9-18-51(62)46-28-26-44(27-29-46)43-16-6-5-7-17-43)49-35-38-54-55-39-36-50(42-61(55)66(3,4)60(54)41-49)68-63-24-14-10-20-56(63)57-21-11-15-25-64(57)68/h5-42H,1-4H3. The Morgan fingerprint density at radius 1 is 0.309 bits per heavy atom. The molecular weight excluding hydrogens is 821 g/mol. The highest BCUT2D eigenvalue weighted by molar-refractivity contribution is 6.09. The predicted molar refractivity (Wildman–Crippen MR) is 287 cm³/mol. The summed E-state index contributed by atoms with van der Waals surface area (Å²) < 4.78 is 2.44. The van der Waals surface area contributed by atoms with E-state index in [-0.39, 0.29) is 10.8 Å². The minimum atomic E-state index is -0.251. The first kappa shape index (κ1) is 40.1. The molecule has 0 atom stereocenters. The Hall–Kier alpha value is -8.20. The molecule has 0 amide bonds. The molecule has 2 aliphatic rings. The van der Waals surface area contributed by atoms with Crippen LogP contribution in [-0.4, -0.2) is 4.57 Å². The van der Waals surface area contributed by atoms with E-state index < -0.39 is 0 Å². The first-order chi connectivity index (χ1) is 33.2. The van der Waals surface area contributed by atoms with Gasteiger partial charge in [-0.2, -0.15) is 0 Å². The fraction of sp³-hybridized carbons (Fsp3) is 0.0909. The summed E-state index contributed by atoms with van der Waals surface area (Å²) in [6.45, 7) is 9.51. The monoisotopic (exact) mass is 870 g/mol. The molecule has 10 aromatic carbocycles. The van der Waals surface area contributed by atoms with Crippen LogP contribution < -0.4 is 4.90 Å². The van der Waals surface area contributed by atoms with Crippen LogP contribution in [0.4, 0.5) is 17.1 Å². The summed E-state index contributed by atoms with van der Waals surface area (Å²) >= 11 is 0. The van der Waals surface area contributed by atoms with Crippen LogP contribution in [0.25, 0.3) is 83.1 Å². The van der Waals surface area contributed by atoms with Crippen molar-refractivity contribution in [3.05, 3.63) is 253 Å². The molecule has 0 N–H and O–H groups in total. The molecule has 0 radical (unpaired) electrons. The Balaban J connectivity index is 0.925. The van der Waals surface area contributed by atoms with Crippen molar-refractivity contribution in [1.29, 1.82) is 0 Å². The van der Waals surface area contributed by atoms with Gasteiger partial charge in [0.25, 0.3) is 0 Å². The molecule has 11 aromatic rings. The number of hydrogen-bond acceptors (Lipinski definition) is 1. The van der Waals surface area contributed by atoms with Crippen molar-refractivity contribution in [2.75, 3.05) is 4.90 Å². The average Bonchev–Trinajstić information content (AvgIpc) is 3.93. The summed E-state index contributed by atoms with van der Waals surface area (Å²) in [7, 11) is 0. The van der Waals surface area contributed by atoms with E-state index in [4.69, 9.17) is 0 Å². The molecule has 2 aliphatic carbocycles. The third-order valence-corrected chi connectivity index (χ3v) is 15.2.